The standard InChI is InChI=1S/C18H22FN5O3S/c1-11-8-14(19)17-13(16(11)18-20-10-23(2)22-18)9-15(21-17)28(25,26)24(3)12-4-6-27-7-5-12/h8-10,12,21H,4-7H2,1-3H3. The lowest BCUT2D eigenvalue weighted by Gasteiger charge is -2.29. The van der Waals surface area contributed by atoms with Crippen molar-refractivity contribution in [2.24, 2.45) is 7.05 Å². The van der Waals surface area contributed by atoms with E-state index in [2.05, 4.69) is 15.1 Å². The van der Waals surface area contributed by atoms with Gasteiger partial charge in [-0.15, -0.1) is 0 Å². The molecule has 0 bridgehead atoms. The van der Waals surface area contributed by atoms with Crippen LogP contribution in [-0.4, -0.2) is 58.8 Å². The number of aryl methyl sites for hydroxylation is 2. The number of nitrogens with one attached hydrogen (secondary N) is 1. The smallest absolute Gasteiger partial charge is 0.258 e. The third kappa shape index (κ3) is 3.11. The summed E-state index contributed by atoms with van der Waals surface area (Å²) in [6, 6.07) is 2.69. The van der Waals surface area contributed by atoms with Gasteiger partial charge in [-0.05, 0) is 37.5 Å². The number of ether oxygens (including phenoxy) is 1. The Balaban J connectivity index is 1.84. The molecule has 150 valence electrons. The number of rotatable bonds is 4. The van der Waals surface area contributed by atoms with Crippen molar-refractivity contribution in [3.63, 3.8) is 0 Å². The predicted molar refractivity (Wildman–Crippen MR) is 102 cm³/mol. The Bertz CT molecular complexity index is 1130. The number of aromatic amines is 1. The molecule has 0 amide bonds. The molecule has 0 atom stereocenters. The number of fused-ring (bicyclic) bond motifs is 1. The molecule has 2 aromatic heterocycles. The molecule has 0 radical (unpaired) electrons. The Morgan fingerprint density at radius 2 is 2.04 bits per heavy atom. The van der Waals surface area contributed by atoms with E-state index in [1.807, 2.05) is 0 Å². The second kappa shape index (κ2) is 6.94. The highest BCUT2D eigenvalue weighted by Gasteiger charge is 2.31. The molecule has 0 spiro atoms. The number of nitrogens with zero attached hydrogens (tertiary/aromatic N) is 4. The number of aromatic nitrogens is 4. The summed E-state index contributed by atoms with van der Waals surface area (Å²) >= 11 is 0. The van der Waals surface area contributed by atoms with Gasteiger partial charge in [0, 0.05) is 44.3 Å². The van der Waals surface area contributed by atoms with Crippen LogP contribution in [0.4, 0.5) is 4.39 Å². The average Bonchev–Trinajstić information content (AvgIpc) is 3.29. The van der Waals surface area contributed by atoms with Crippen molar-refractivity contribution in [1.29, 1.82) is 0 Å². The maximum absolute atomic E-state index is 14.6. The largest absolute Gasteiger partial charge is 0.381 e. The molecule has 1 saturated heterocycles. The Labute approximate surface area is 162 Å². The van der Waals surface area contributed by atoms with Gasteiger partial charge in [-0.3, -0.25) is 4.68 Å². The van der Waals surface area contributed by atoms with Crippen LogP contribution in [0.25, 0.3) is 22.3 Å². The van der Waals surface area contributed by atoms with Gasteiger partial charge in [0.1, 0.15) is 17.2 Å². The fourth-order valence-corrected chi connectivity index (χ4v) is 5.06. The van der Waals surface area contributed by atoms with Crippen LogP contribution in [0.15, 0.2) is 23.5 Å². The molecule has 0 saturated carbocycles. The van der Waals surface area contributed by atoms with Crippen molar-refractivity contribution in [1.82, 2.24) is 24.1 Å². The minimum Gasteiger partial charge on any atom is -0.381 e. The molecule has 1 N–H and O–H groups in total. The van der Waals surface area contributed by atoms with Gasteiger partial charge in [0.2, 0.25) is 0 Å². The summed E-state index contributed by atoms with van der Waals surface area (Å²) in [5, 5.41) is 4.70. The first-order valence-corrected chi connectivity index (χ1v) is 10.5. The third-order valence-electron chi connectivity index (χ3n) is 5.22. The van der Waals surface area contributed by atoms with Crippen LogP contribution in [0.5, 0.6) is 0 Å². The van der Waals surface area contributed by atoms with Crippen molar-refractivity contribution in [2.45, 2.75) is 30.8 Å². The fourth-order valence-electron chi connectivity index (χ4n) is 3.65. The van der Waals surface area contributed by atoms with Gasteiger partial charge in [-0.25, -0.2) is 17.8 Å². The van der Waals surface area contributed by atoms with E-state index in [1.165, 1.54) is 16.4 Å². The van der Waals surface area contributed by atoms with Crippen molar-refractivity contribution in [3.05, 3.63) is 29.8 Å². The number of hydrogen-bond acceptors (Lipinski definition) is 5. The maximum atomic E-state index is 14.6. The molecule has 1 fully saturated rings. The molecular formula is C18H22FN5O3S. The van der Waals surface area contributed by atoms with E-state index in [-0.39, 0.29) is 16.6 Å². The van der Waals surface area contributed by atoms with E-state index in [0.29, 0.717) is 48.4 Å². The number of H-pyrrole nitrogens is 1. The van der Waals surface area contributed by atoms with Crippen LogP contribution in [0, 0.1) is 12.7 Å². The third-order valence-corrected chi connectivity index (χ3v) is 7.06. The number of halogens is 1. The van der Waals surface area contributed by atoms with Crippen molar-refractivity contribution in [3.8, 4) is 11.4 Å². The fraction of sp³-hybridized carbons (Fsp3) is 0.444. The SMILES string of the molecule is Cc1cc(F)c2[nH]c(S(=O)(=O)N(C)C3CCOCC3)cc2c1-c1ncn(C)n1. The quantitative estimate of drug-likeness (QED) is 0.716. The lowest BCUT2D eigenvalue weighted by molar-refractivity contribution is 0.0631. The van der Waals surface area contributed by atoms with E-state index in [4.69, 9.17) is 4.74 Å². The molecule has 1 aliphatic rings. The van der Waals surface area contributed by atoms with Gasteiger partial charge >= 0.3 is 0 Å². The Morgan fingerprint density at radius 3 is 2.68 bits per heavy atom. The average molecular weight is 407 g/mol. The highest BCUT2D eigenvalue weighted by Crippen LogP contribution is 2.34. The summed E-state index contributed by atoms with van der Waals surface area (Å²) in [5.74, 6) is -0.0897. The zero-order chi connectivity index (χ0) is 20.1. The second-order valence-corrected chi connectivity index (χ2v) is 9.05. The van der Waals surface area contributed by atoms with Crippen LogP contribution < -0.4 is 0 Å². The van der Waals surface area contributed by atoms with Gasteiger partial charge in [0.05, 0.1) is 5.52 Å². The Kier molecular flexibility index (Phi) is 4.72. The summed E-state index contributed by atoms with van der Waals surface area (Å²) in [6.45, 7) is 2.81. The molecular weight excluding hydrogens is 385 g/mol. The van der Waals surface area contributed by atoms with Crippen molar-refractivity contribution >= 4 is 20.9 Å². The summed E-state index contributed by atoms with van der Waals surface area (Å²) in [7, 11) is -0.521. The van der Waals surface area contributed by atoms with Crippen LogP contribution in [0.3, 0.4) is 0 Å². The summed E-state index contributed by atoms with van der Waals surface area (Å²) in [4.78, 5) is 7.02. The molecule has 4 rings (SSSR count). The van der Waals surface area contributed by atoms with E-state index in [1.54, 1.807) is 32.0 Å². The lowest BCUT2D eigenvalue weighted by Crippen LogP contribution is -2.40. The molecule has 8 nitrogen and oxygen atoms in total. The van der Waals surface area contributed by atoms with Crippen molar-refractivity contribution < 1.29 is 17.5 Å². The zero-order valence-corrected chi connectivity index (χ0v) is 16.8. The van der Waals surface area contributed by atoms with E-state index in [0.717, 1.165) is 0 Å². The topological polar surface area (TPSA) is 93.1 Å². The first kappa shape index (κ1) is 19.0. The summed E-state index contributed by atoms with van der Waals surface area (Å²) < 4.78 is 49.1. The van der Waals surface area contributed by atoms with E-state index in [9.17, 15) is 12.8 Å². The van der Waals surface area contributed by atoms with Gasteiger partial charge in [0.25, 0.3) is 10.0 Å². The maximum Gasteiger partial charge on any atom is 0.258 e. The Hall–Kier alpha value is -2.30. The highest BCUT2D eigenvalue weighted by atomic mass is 32.2. The minimum atomic E-state index is -3.81. The highest BCUT2D eigenvalue weighted by molar-refractivity contribution is 7.89. The molecule has 28 heavy (non-hydrogen) atoms. The number of benzene rings is 1. The van der Waals surface area contributed by atoms with Crippen LogP contribution in [0.1, 0.15) is 18.4 Å². The molecule has 1 aliphatic heterocycles. The van der Waals surface area contributed by atoms with Crippen LogP contribution in [0.2, 0.25) is 0 Å². The van der Waals surface area contributed by atoms with Gasteiger partial charge < -0.3 is 9.72 Å². The Morgan fingerprint density at radius 1 is 1.32 bits per heavy atom. The van der Waals surface area contributed by atoms with Crippen LogP contribution >= 0.6 is 0 Å². The lowest BCUT2D eigenvalue weighted by atomic mass is 10.0. The second-order valence-electron chi connectivity index (χ2n) is 7.08. The summed E-state index contributed by atoms with van der Waals surface area (Å²) in [6.07, 6.45) is 2.81. The molecule has 1 aromatic carbocycles. The van der Waals surface area contributed by atoms with Gasteiger partial charge in [-0.2, -0.15) is 9.40 Å². The van der Waals surface area contributed by atoms with Crippen molar-refractivity contribution in [2.75, 3.05) is 20.3 Å². The molecule has 3 aromatic rings. The predicted octanol–water partition coefficient (Wildman–Crippen LogP) is 2.21. The van der Waals surface area contributed by atoms with Gasteiger partial charge in [0.15, 0.2) is 5.82 Å². The zero-order valence-electron chi connectivity index (χ0n) is 15.9. The molecule has 0 unspecified atom stereocenters. The first-order valence-electron chi connectivity index (χ1n) is 9.02. The first-order chi connectivity index (χ1) is 13.3. The van der Waals surface area contributed by atoms with E-state index < -0.39 is 15.8 Å². The van der Waals surface area contributed by atoms with Gasteiger partial charge in [-0.1, -0.05) is 0 Å². The normalized spacial score (nSPS) is 16.3. The number of sulfonamides is 1. The minimum absolute atomic E-state index is 0.0434. The van der Waals surface area contributed by atoms with E-state index >= 15 is 0 Å². The number of hydrogen-bond donors (Lipinski definition) is 1. The van der Waals surface area contributed by atoms with Crippen LogP contribution in [-0.2, 0) is 21.8 Å². The molecule has 3 heterocycles. The summed E-state index contributed by atoms with van der Waals surface area (Å²) in [5.41, 5.74) is 1.38. The monoisotopic (exact) mass is 407 g/mol. The molecule has 10 heteroatoms. The molecule has 0 aliphatic carbocycles.